The van der Waals surface area contributed by atoms with Crippen LogP contribution in [0, 0.1) is 5.92 Å². The SMILES string of the molecule is CC(C)(C)OC(=O)N1C[C@@H](C(F)(F)F)C[C@H]1CN. The van der Waals surface area contributed by atoms with Crippen LogP contribution in [0.2, 0.25) is 0 Å². The molecular formula is C11H19F3N2O2. The number of nitrogens with zero attached hydrogens (tertiary/aromatic N) is 1. The van der Waals surface area contributed by atoms with Crippen molar-refractivity contribution in [2.45, 2.75) is 45.0 Å². The molecular weight excluding hydrogens is 249 g/mol. The lowest BCUT2D eigenvalue weighted by Gasteiger charge is -2.28. The zero-order valence-corrected chi connectivity index (χ0v) is 10.8. The number of likely N-dealkylation sites (tertiary alicyclic amines) is 1. The predicted molar refractivity (Wildman–Crippen MR) is 59.9 cm³/mol. The van der Waals surface area contributed by atoms with E-state index < -0.39 is 29.8 Å². The lowest BCUT2D eigenvalue weighted by Crippen LogP contribution is -2.43. The maximum Gasteiger partial charge on any atom is 0.410 e. The molecule has 106 valence electrons. The van der Waals surface area contributed by atoms with Gasteiger partial charge in [0, 0.05) is 19.1 Å². The first-order valence-corrected chi connectivity index (χ1v) is 5.81. The van der Waals surface area contributed by atoms with Crippen molar-refractivity contribution in [3.63, 3.8) is 0 Å². The summed E-state index contributed by atoms with van der Waals surface area (Å²) in [6, 6.07) is -0.605. The fraction of sp³-hybridized carbons (Fsp3) is 0.909. The number of hydrogen-bond acceptors (Lipinski definition) is 3. The first-order chi connectivity index (χ1) is 8.04. The van der Waals surface area contributed by atoms with Crippen molar-refractivity contribution in [3.8, 4) is 0 Å². The molecule has 0 aromatic carbocycles. The molecule has 0 spiro atoms. The first kappa shape index (κ1) is 15.1. The summed E-state index contributed by atoms with van der Waals surface area (Å²) in [7, 11) is 0. The van der Waals surface area contributed by atoms with Crippen LogP contribution >= 0.6 is 0 Å². The molecule has 1 aliphatic rings. The maximum absolute atomic E-state index is 12.6. The normalized spacial score (nSPS) is 25.4. The van der Waals surface area contributed by atoms with Crippen LogP contribution < -0.4 is 5.73 Å². The van der Waals surface area contributed by atoms with E-state index in [1.807, 2.05) is 0 Å². The zero-order chi connectivity index (χ0) is 14.1. The van der Waals surface area contributed by atoms with Crippen LogP contribution in [0.1, 0.15) is 27.2 Å². The number of carbonyl (C=O) groups excluding carboxylic acids is 1. The molecule has 2 atom stereocenters. The molecule has 0 saturated carbocycles. The fourth-order valence-electron chi connectivity index (χ4n) is 1.92. The second kappa shape index (κ2) is 4.95. The van der Waals surface area contributed by atoms with Crippen molar-refractivity contribution >= 4 is 6.09 Å². The third-order valence-corrected chi connectivity index (χ3v) is 2.78. The van der Waals surface area contributed by atoms with Gasteiger partial charge in [0.05, 0.1) is 5.92 Å². The third kappa shape index (κ3) is 3.76. The van der Waals surface area contributed by atoms with Crippen LogP contribution in [0.15, 0.2) is 0 Å². The van der Waals surface area contributed by atoms with Crippen LogP contribution in [-0.2, 0) is 4.74 Å². The van der Waals surface area contributed by atoms with Gasteiger partial charge in [0.25, 0.3) is 0 Å². The minimum atomic E-state index is -4.30. The van der Waals surface area contributed by atoms with E-state index in [1.54, 1.807) is 20.8 Å². The van der Waals surface area contributed by atoms with Gasteiger partial charge < -0.3 is 15.4 Å². The number of rotatable bonds is 1. The summed E-state index contributed by atoms with van der Waals surface area (Å²) in [5.41, 5.74) is 4.68. The van der Waals surface area contributed by atoms with E-state index in [9.17, 15) is 18.0 Å². The van der Waals surface area contributed by atoms with Crippen LogP contribution in [0.3, 0.4) is 0 Å². The van der Waals surface area contributed by atoms with Gasteiger partial charge in [0.1, 0.15) is 5.60 Å². The maximum atomic E-state index is 12.6. The van der Waals surface area contributed by atoms with Gasteiger partial charge in [-0.1, -0.05) is 0 Å². The van der Waals surface area contributed by atoms with E-state index in [0.717, 1.165) is 4.90 Å². The minimum absolute atomic E-state index is 0.00578. The van der Waals surface area contributed by atoms with Crippen LogP contribution in [0.4, 0.5) is 18.0 Å². The lowest BCUT2D eigenvalue weighted by atomic mass is 10.1. The Morgan fingerprint density at radius 3 is 2.33 bits per heavy atom. The van der Waals surface area contributed by atoms with Gasteiger partial charge >= 0.3 is 12.3 Å². The van der Waals surface area contributed by atoms with E-state index in [0.29, 0.717) is 0 Å². The Morgan fingerprint density at radius 1 is 1.39 bits per heavy atom. The minimum Gasteiger partial charge on any atom is -0.444 e. The second-order valence-electron chi connectivity index (χ2n) is 5.50. The Bertz CT molecular complexity index is 312. The number of nitrogens with two attached hydrogens (primary N) is 1. The van der Waals surface area contributed by atoms with Crippen molar-refractivity contribution in [3.05, 3.63) is 0 Å². The molecule has 0 aromatic heterocycles. The summed E-state index contributed by atoms with van der Waals surface area (Å²) in [6.07, 6.45) is -5.19. The highest BCUT2D eigenvalue weighted by Crippen LogP contribution is 2.36. The number of hydrogen-bond donors (Lipinski definition) is 1. The number of ether oxygens (including phenoxy) is 1. The molecule has 1 amide bonds. The first-order valence-electron chi connectivity index (χ1n) is 5.81. The van der Waals surface area contributed by atoms with Crippen LogP contribution in [0.25, 0.3) is 0 Å². The molecule has 1 rings (SSSR count). The molecule has 2 N–H and O–H groups in total. The van der Waals surface area contributed by atoms with Crippen molar-refractivity contribution in [2.75, 3.05) is 13.1 Å². The van der Waals surface area contributed by atoms with Gasteiger partial charge in [-0.25, -0.2) is 4.79 Å². The fourth-order valence-corrected chi connectivity index (χ4v) is 1.92. The van der Waals surface area contributed by atoms with E-state index in [4.69, 9.17) is 10.5 Å². The van der Waals surface area contributed by atoms with Gasteiger partial charge in [-0.05, 0) is 27.2 Å². The monoisotopic (exact) mass is 268 g/mol. The molecule has 0 unspecified atom stereocenters. The van der Waals surface area contributed by atoms with Crippen LogP contribution in [0.5, 0.6) is 0 Å². The van der Waals surface area contributed by atoms with E-state index >= 15 is 0 Å². The Morgan fingerprint density at radius 2 is 1.94 bits per heavy atom. The number of carbonyl (C=O) groups is 1. The molecule has 18 heavy (non-hydrogen) atoms. The Hall–Kier alpha value is -0.980. The summed E-state index contributed by atoms with van der Waals surface area (Å²) in [4.78, 5) is 12.9. The van der Waals surface area contributed by atoms with Gasteiger partial charge in [-0.3, -0.25) is 0 Å². The van der Waals surface area contributed by atoms with E-state index in [-0.39, 0.29) is 19.5 Å². The highest BCUT2D eigenvalue weighted by molar-refractivity contribution is 5.69. The highest BCUT2D eigenvalue weighted by Gasteiger charge is 2.49. The molecule has 0 aromatic rings. The standard InChI is InChI=1S/C11H19F3N2O2/c1-10(2,3)18-9(17)16-6-7(11(12,13)14)4-8(16)5-15/h7-8H,4-6,15H2,1-3H3/t7-,8-/m0/s1. The topological polar surface area (TPSA) is 55.6 Å². The Labute approximate surface area is 104 Å². The number of halogens is 3. The van der Waals surface area contributed by atoms with E-state index in [1.165, 1.54) is 0 Å². The predicted octanol–water partition coefficient (Wildman–Crippen LogP) is 2.13. The second-order valence-corrected chi connectivity index (χ2v) is 5.50. The van der Waals surface area contributed by atoms with Crippen molar-refractivity contribution in [2.24, 2.45) is 11.7 Å². The molecule has 0 radical (unpaired) electrons. The highest BCUT2D eigenvalue weighted by atomic mass is 19.4. The van der Waals surface area contributed by atoms with Crippen molar-refractivity contribution in [1.29, 1.82) is 0 Å². The van der Waals surface area contributed by atoms with Crippen molar-refractivity contribution in [1.82, 2.24) is 4.90 Å². The largest absolute Gasteiger partial charge is 0.444 e. The summed E-state index contributed by atoms with van der Waals surface area (Å²) in [5, 5.41) is 0. The summed E-state index contributed by atoms with van der Waals surface area (Å²) < 4.78 is 43.0. The average molecular weight is 268 g/mol. The molecule has 7 heteroatoms. The van der Waals surface area contributed by atoms with Gasteiger partial charge in [-0.15, -0.1) is 0 Å². The molecule has 1 fully saturated rings. The summed E-state index contributed by atoms with van der Waals surface area (Å²) >= 11 is 0. The molecule has 1 aliphatic heterocycles. The van der Waals surface area contributed by atoms with Crippen molar-refractivity contribution < 1.29 is 22.7 Å². The molecule has 0 aliphatic carbocycles. The molecule has 1 heterocycles. The zero-order valence-electron chi connectivity index (χ0n) is 10.8. The summed E-state index contributed by atoms with van der Waals surface area (Å²) in [6.45, 7) is 4.63. The Balaban J connectivity index is 2.73. The Kier molecular flexibility index (Phi) is 4.15. The average Bonchev–Trinajstić information content (AvgIpc) is 2.57. The third-order valence-electron chi connectivity index (χ3n) is 2.78. The molecule has 0 bridgehead atoms. The number of amides is 1. The quantitative estimate of drug-likeness (QED) is 0.792. The summed E-state index contributed by atoms with van der Waals surface area (Å²) in [5.74, 6) is -1.52. The van der Waals surface area contributed by atoms with Gasteiger partial charge in [-0.2, -0.15) is 13.2 Å². The molecule has 4 nitrogen and oxygen atoms in total. The molecule has 1 saturated heterocycles. The van der Waals surface area contributed by atoms with Crippen LogP contribution in [-0.4, -0.2) is 41.9 Å². The van der Waals surface area contributed by atoms with Gasteiger partial charge in [0.15, 0.2) is 0 Å². The van der Waals surface area contributed by atoms with E-state index in [2.05, 4.69) is 0 Å². The smallest absolute Gasteiger partial charge is 0.410 e. The number of alkyl halides is 3. The van der Waals surface area contributed by atoms with Gasteiger partial charge in [0.2, 0.25) is 0 Å². The lowest BCUT2D eigenvalue weighted by molar-refractivity contribution is -0.170.